The van der Waals surface area contributed by atoms with Crippen LogP contribution in [0.3, 0.4) is 0 Å². The summed E-state index contributed by atoms with van der Waals surface area (Å²) in [4.78, 5) is 0. The van der Waals surface area contributed by atoms with Gasteiger partial charge in [-0.2, -0.15) is 0 Å². The van der Waals surface area contributed by atoms with E-state index in [0.717, 1.165) is 22.3 Å². The van der Waals surface area contributed by atoms with Crippen molar-refractivity contribution in [2.24, 2.45) is 0 Å². The van der Waals surface area contributed by atoms with E-state index in [-0.39, 0.29) is 17.7 Å². The van der Waals surface area contributed by atoms with Gasteiger partial charge in [-0.05, 0) is 67.4 Å². The average molecular weight is 261 g/mol. The molecule has 0 heterocycles. The molecule has 0 bridgehead atoms. The van der Waals surface area contributed by atoms with Crippen molar-refractivity contribution in [2.75, 3.05) is 7.05 Å². The molecule has 1 nitrogen and oxygen atoms in total. The van der Waals surface area contributed by atoms with Crippen LogP contribution in [0, 0.1) is 25.5 Å². The molecule has 2 rings (SSSR count). The molecular weight excluding hydrogens is 244 g/mol. The quantitative estimate of drug-likeness (QED) is 0.883. The first-order valence-corrected chi connectivity index (χ1v) is 6.22. The van der Waals surface area contributed by atoms with Crippen LogP contribution < -0.4 is 5.32 Å². The van der Waals surface area contributed by atoms with Crippen LogP contribution in [0.5, 0.6) is 0 Å². The van der Waals surface area contributed by atoms with E-state index < -0.39 is 0 Å². The van der Waals surface area contributed by atoms with E-state index in [1.54, 1.807) is 12.1 Å². The lowest BCUT2D eigenvalue weighted by Gasteiger charge is -2.21. The standard InChI is InChI=1S/C16H17F2N/c1-10-4-5-13(18)9-15(10)16(19-3)14-7-6-12(17)8-11(14)2/h4-9,16,19H,1-3H3. The highest BCUT2D eigenvalue weighted by Crippen LogP contribution is 2.28. The van der Waals surface area contributed by atoms with Gasteiger partial charge in [0.1, 0.15) is 11.6 Å². The smallest absolute Gasteiger partial charge is 0.123 e. The van der Waals surface area contributed by atoms with Crippen molar-refractivity contribution in [3.63, 3.8) is 0 Å². The largest absolute Gasteiger partial charge is 0.309 e. The summed E-state index contributed by atoms with van der Waals surface area (Å²) in [6.07, 6.45) is 0. The summed E-state index contributed by atoms with van der Waals surface area (Å²) in [6.45, 7) is 3.80. The molecule has 1 unspecified atom stereocenters. The first-order valence-electron chi connectivity index (χ1n) is 6.22. The fourth-order valence-electron chi connectivity index (χ4n) is 2.36. The Morgan fingerprint density at radius 2 is 1.47 bits per heavy atom. The van der Waals surface area contributed by atoms with Crippen LogP contribution in [0.1, 0.15) is 28.3 Å². The number of aryl methyl sites for hydroxylation is 2. The first kappa shape index (κ1) is 13.7. The SMILES string of the molecule is CNC(c1ccc(F)cc1C)c1cc(F)ccc1C. The van der Waals surface area contributed by atoms with Gasteiger partial charge in [0, 0.05) is 0 Å². The minimum absolute atomic E-state index is 0.142. The molecule has 0 aliphatic heterocycles. The Morgan fingerprint density at radius 1 is 0.842 bits per heavy atom. The average Bonchev–Trinajstić information content (AvgIpc) is 2.36. The number of hydrogen-bond donors (Lipinski definition) is 1. The minimum atomic E-state index is -0.263. The molecule has 0 saturated carbocycles. The Kier molecular flexibility index (Phi) is 3.96. The second kappa shape index (κ2) is 5.49. The second-order valence-electron chi connectivity index (χ2n) is 4.72. The van der Waals surface area contributed by atoms with E-state index in [1.807, 2.05) is 20.9 Å². The molecule has 0 aliphatic carbocycles. The Hall–Kier alpha value is -1.74. The Labute approximate surface area is 112 Å². The van der Waals surface area contributed by atoms with Crippen molar-refractivity contribution >= 4 is 0 Å². The van der Waals surface area contributed by atoms with Crippen LogP contribution >= 0.6 is 0 Å². The fourth-order valence-corrected chi connectivity index (χ4v) is 2.36. The van der Waals surface area contributed by atoms with Crippen LogP contribution in [0.15, 0.2) is 36.4 Å². The van der Waals surface area contributed by atoms with Crippen LogP contribution in [-0.2, 0) is 0 Å². The van der Waals surface area contributed by atoms with Crippen molar-refractivity contribution in [3.8, 4) is 0 Å². The number of hydrogen-bond acceptors (Lipinski definition) is 1. The van der Waals surface area contributed by atoms with Gasteiger partial charge in [-0.3, -0.25) is 0 Å². The molecule has 0 aromatic heterocycles. The van der Waals surface area contributed by atoms with Crippen molar-refractivity contribution in [1.82, 2.24) is 5.32 Å². The zero-order chi connectivity index (χ0) is 14.0. The van der Waals surface area contributed by atoms with Crippen molar-refractivity contribution in [1.29, 1.82) is 0 Å². The van der Waals surface area contributed by atoms with Gasteiger partial charge < -0.3 is 5.32 Å². The maximum atomic E-state index is 13.4. The number of halogens is 2. The zero-order valence-corrected chi connectivity index (χ0v) is 11.3. The zero-order valence-electron chi connectivity index (χ0n) is 11.3. The van der Waals surface area contributed by atoms with Gasteiger partial charge in [-0.25, -0.2) is 8.78 Å². The third-order valence-corrected chi connectivity index (χ3v) is 3.38. The van der Waals surface area contributed by atoms with E-state index in [0.29, 0.717) is 0 Å². The lowest BCUT2D eigenvalue weighted by Crippen LogP contribution is -2.20. The molecule has 0 saturated heterocycles. The highest BCUT2D eigenvalue weighted by Gasteiger charge is 2.17. The van der Waals surface area contributed by atoms with Gasteiger partial charge in [0.2, 0.25) is 0 Å². The summed E-state index contributed by atoms with van der Waals surface area (Å²) in [6, 6.07) is 9.26. The van der Waals surface area contributed by atoms with E-state index in [9.17, 15) is 8.78 Å². The summed E-state index contributed by atoms with van der Waals surface area (Å²) >= 11 is 0. The highest BCUT2D eigenvalue weighted by molar-refractivity contribution is 5.40. The maximum absolute atomic E-state index is 13.4. The van der Waals surface area contributed by atoms with Gasteiger partial charge >= 0.3 is 0 Å². The molecule has 2 aromatic carbocycles. The molecule has 0 radical (unpaired) electrons. The number of nitrogens with one attached hydrogen (secondary N) is 1. The predicted molar refractivity (Wildman–Crippen MR) is 73.2 cm³/mol. The van der Waals surface area contributed by atoms with E-state index in [4.69, 9.17) is 0 Å². The van der Waals surface area contributed by atoms with Crippen LogP contribution in [0.2, 0.25) is 0 Å². The molecule has 0 spiro atoms. The first-order chi connectivity index (χ1) is 9.02. The van der Waals surface area contributed by atoms with Gasteiger partial charge in [0.25, 0.3) is 0 Å². The maximum Gasteiger partial charge on any atom is 0.123 e. The monoisotopic (exact) mass is 261 g/mol. The third-order valence-electron chi connectivity index (χ3n) is 3.38. The van der Waals surface area contributed by atoms with Gasteiger partial charge in [0.05, 0.1) is 6.04 Å². The molecule has 0 amide bonds. The summed E-state index contributed by atoms with van der Waals surface area (Å²) in [7, 11) is 1.82. The Balaban J connectivity index is 2.52. The second-order valence-corrected chi connectivity index (χ2v) is 4.72. The molecular formula is C16H17F2N. The molecule has 2 aromatic rings. The van der Waals surface area contributed by atoms with Gasteiger partial charge in [-0.1, -0.05) is 12.1 Å². The fraction of sp³-hybridized carbons (Fsp3) is 0.250. The van der Waals surface area contributed by atoms with Crippen LogP contribution in [0.4, 0.5) is 8.78 Å². The summed E-state index contributed by atoms with van der Waals surface area (Å²) in [5, 5.41) is 3.17. The minimum Gasteiger partial charge on any atom is -0.309 e. The van der Waals surface area contributed by atoms with Gasteiger partial charge in [0.15, 0.2) is 0 Å². The normalized spacial score (nSPS) is 12.5. The topological polar surface area (TPSA) is 12.0 Å². The molecule has 1 N–H and O–H groups in total. The molecule has 100 valence electrons. The highest BCUT2D eigenvalue weighted by atomic mass is 19.1. The lowest BCUT2D eigenvalue weighted by molar-refractivity contribution is 0.610. The molecule has 0 aliphatic rings. The van der Waals surface area contributed by atoms with Crippen LogP contribution in [0.25, 0.3) is 0 Å². The van der Waals surface area contributed by atoms with Crippen molar-refractivity contribution in [3.05, 3.63) is 70.3 Å². The lowest BCUT2D eigenvalue weighted by atomic mass is 9.92. The molecule has 0 fully saturated rings. The van der Waals surface area contributed by atoms with E-state index in [1.165, 1.54) is 24.3 Å². The van der Waals surface area contributed by atoms with Crippen molar-refractivity contribution in [2.45, 2.75) is 19.9 Å². The number of rotatable bonds is 3. The third kappa shape index (κ3) is 2.82. The summed E-state index contributed by atoms with van der Waals surface area (Å²) < 4.78 is 26.6. The van der Waals surface area contributed by atoms with E-state index >= 15 is 0 Å². The number of benzene rings is 2. The predicted octanol–water partition coefficient (Wildman–Crippen LogP) is 3.89. The van der Waals surface area contributed by atoms with E-state index in [2.05, 4.69) is 5.32 Å². The molecule has 19 heavy (non-hydrogen) atoms. The summed E-state index contributed by atoms with van der Waals surface area (Å²) in [5.41, 5.74) is 3.68. The molecule has 1 atom stereocenters. The Bertz CT molecular complexity index is 593. The van der Waals surface area contributed by atoms with Crippen LogP contribution in [-0.4, -0.2) is 7.05 Å². The molecule has 3 heteroatoms. The van der Waals surface area contributed by atoms with Gasteiger partial charge in [-0.15, -0.1) is 0 Å². The Morgan fingerprint density at radius 3 is 2.11 bits per heavy atom. The summed E-state index contributed by atoms with van der Waals surface area (Å²) in [5.74, 6) is -0.521. The van der Waals surface area contributed by atoms with Crippen molar-refractivity contribution < 1.29 is 8.78 Å².